The molecule has 0 bridgehead atoms. The van der Waals surface area contributed by atoms with Crippen LogP contribution in [-0.4, -0.2) is 31.4 Å². The number of halogens is 1. The van der Waals surface area contributed by atoms with Crippen molar-refractivity contribution in [2.24, 2.45) is 11.8 Å². The quantitative estimate of drug-likeness (QED) is 0.719. The molecule has 1 aliphatic carbocycles. The van der Waals surface area contributed by atoms with Gasteiger partial charge in [-0.1, -0.05) is 12.1 Å². The Morgan fingerprint density at radius 2 is 1.64 bits per heavy atom. The standard InChI is InChI=1S/C21H21FN2O4/c1-28-21(27)14-4-8-16(9-5-14)24-20(26)18-12-17(18)19(25)23-11-10-13-2-6-15(22)7-3-13/h2-9,17-18H,10-12H2,1H3,(H,23,25)(H,24,26). The first-order chi connectivity index (χ1) is 13.5. The Balaban J connectivity index is 1.42. The fourth-order valence-electron chi connectivity index (χ4n) is 2.93. The second kappa shape index (κ2) is 8.65. The van der Waals surface area contributed by atoms with E-state index in [-0.39, 0.29) is 29.5 Å². The highest BCUT2D eigenvalue weighted by atomic mass is 19.1. The van der Waals surface area contributed by atoms with E-state index in [1.165, 1.54) is 19.2 Å². The Morgan fingerprint density at radius 3 is 2.29 bits per heavy atom. The van der Waals surface area contributed by atoms with Crippen LogP contribution in [-0.2, 0) is 20.7 Å². The zero-order valence-electron chi connectivity index (χ0n) is 15.4. The van der Waals surface area contributed by atoms with E-state index < -0.39 is 5.97 Å². The molecule has 1 saturated carbocycles. The zero-order chi connectivity index (χ0) is 20.1. The first-order valence-corrected chi connectivity index (χ1v) is 8.99. The summed E-state index contributed by atoms with van der Waals surface area (Å²) >= 11 is 0. The first-order valence-electron chi connectivity index (χ1n) is 8.99. The first kappa shape index (κ1) is 19.5. The molecule has 0 aromatic heterocycles. The van der Waals surface area contributed by atoms with Gasteiger partial charge in [-0.15, -0.1) is 0 Å². The molecule has 0 spiro atoms. The third-order valence-electron chi connectivity index (χ3n) is 4.66. The summed E-state index contributed by atoms with van der Waals surface area (Å²) in [5.74, 6) is -1.79. The molecule has 2 N–H and O–H groups in total. The van der Waals surface area contributed by atoms with E-state index >= 15 is 0 Å². The highest BCUT2D eigenvalue weighted by Gasteiger charge is 2.47. The zero-order valence-corrected chi connectivity index (χ0v) is 15.4. The maximum absolute atomic E-state index is 12.9. The number of ether oxygens (including phenoxy) is 1. The van der Waals surface area contributed by atoms with Crippen LogP contribution in [0.2, 0.25) is 0 Å². The number of rotatable bonds is 7. The smallest absolute Gasteiger partial charge is 0.337 e. The summed E-state index contributed by atoms with van der Waals surface area (Å²) in [6.07, 6.45) is 1.11. The van der Waals surface area contributed by atoms with Gasteiger partial charge in [-0.05, 0) is 54.8 Å². The molecule has 6 nitrogen and oxygen atoms in total. The lowest BCUT2D eigenvalue weighted by Crippen LogP contribution is -2.29. The number of hydrogen-bond acceptors (Lipinski definition) is 4. The molecule has 0 radical (unpaired) electrons. The molecule has 146 valence electrons. The lowest BCUT2D eigenvalue weighted by Gasteiger charge is -2.07. The summed E-state index contributed by atoms with van der Waals surface area (Å²) in [5, 5.41) is 5.57. The average molecular weight is 384 g/mol. The Morgan fingerprint density at radius 1 is 1.00 bits per heavy atom. The second-order valence-electron chi connectivity index (χ2n) is 6.67. The topological polar surface area (TPSA) is 84.5 Å². The van der Waals surface area contributed by atoms with E-state index in [0.717, 1.165) is 5.56 Å². The van der Waals surface area contributed by atoms with Crippen molar-refractivity contribution in [2.75, 3.05) is 19.0 Å². The number of carbonyl (C=O) groups is 3. The number of anilines is 1. The third-order valence-corrected chi connectivity index (χ3v) is 4.66. The SMILES string of the molecule is COC(=O)c1ccc(NC(=O)C2CC2C(=O)NCCc2ccc(F)cc2)cc1. The maximum atomic E-state index is 12.9. The lowest BCUT2D eigenvalue weighted by molar-refractivity contribution is -0.125. The van der Waals surface area contributed by atoms with Crippen LogP contribution in [0.15, 0.2) is 48.5 Å². The molecule has 2 aromatic carbocycles. The molecule has 2 atom stereocenters. The Labute approximate surface area is 162 Å². The monoisotopic (exact) mass is 384 g/mol. The van der Waals surface area contributed by atoms with Gasteiger partial charge in [0.25, 0.3) is 0 Å². The van der Waals surface area contributed by atoms with E-state index in [1.54, 1.807) is 36.4 Å². The average Bonchev–Trinajstić information content (AvgIpc) is 3.50. The number of amides is 2. The van der Waals surface area contributed by atoms with Gasteiger partial charge in [0, 0.05) is 12.2 Å². The Hall–Kier alpha value is -3.22. The van der Waals surface area contributed by atoms with Crippen LogP contribution in [0.5, 0.6) is 0 Å². The minimum absolute atomic E-state index is 0.150. The maximum Gasteiger partial charge on any atom is 0.337 e. The van der Waals surface area contributed by atoms with Gasteiger partial charge >= 0.3 is 5.97 Å². The van der Waals surface area contributed by atoms with E-state index in [9.17, 15) is 18.8 Å². The minimum atomic E-state index is -0.447. The summed E-state index contributed by atoms with van der Waals surface area (Å²) < 4.78 is 17.5. The van der Waals surface area contributed by atoms with Crippen LogP contribution in [0.1, 0.15) is 22.3 Å². The molecule has 7 heteroatoms. The third kappa shape index (κ3) is 4.94. The van der Waals surface area contributed by atoms with Gasteiger partial charge in [0.1, 0.15) is 5.82 Å². The second-order valence-corrected chi connectivity index (χ2v) is 6.67. The van der Waals surface area contributed by atoms with Crippen LogP contribution < -0.4 is 10.6 Å². The Kier molecular flexibility index (Phi) is 6.03. The molecule has 0 saturated heterocycles. The number of benzene rings is 2. The minimum Gasteiger partial charge on any atom is -0.465 e. The summed E-state index contributed by atoms with van der Waals surface area (Å²) in [4.78, 5) is 35.8. The summed E-state index contributed by atoms with van der Waals surface area (Å²) in [6.45, 7) is 0.435. The van der Waals surface area contributed by atoms with Crippen molar-refractivity contribution in [2.45, 2.75) is 12.8 Å². The van der Waals surface area contributed by atoms with E-state index in [2.05, 4.69) is 15.4 Å². The van der Waals surface area contributed by atoms with Crippen LogP contribution >= 0.6 is 0 Å². The van der Waals surface area contributed by atoms with Gasteiger partial charge in [-0.25, -0.2) is 9.18 Å². The largest absolute Gasteiger partial charge is 0.465 e. The molecule has 1 fully saturated rings. The van der Waals surface area contributed by atoms with Gasteiger partial charge in [-0.3, -0.25) is 9.59 Å². The number of hydrogen-bond donors (Lipinski definition) is 2. The summed E-state index contributed by atoms with van der Waals surface area (Å²) in [6, 6.07) is 12.5. The van der Waals surface area contributed by atoms with Crippen molar-refractivity contribution in [3.05, 3.63) is 65.5 Å². The summed E-state index contributed by atoms with van der Waals surface area (Å²) in [5.41, 5.74) is 1.88. The number of carbonyl (C=O) groups excluding carboxylic acids is 3. The molecule has 0 heterocycles. The predicted molar refractivity (Wildman–Crippen MR) is 101 cm³/mol. The van der Waals surface area contributed by atoms with Crippen molar-refractivity contribution in [1.29, 1.82) is 0 Å². The van der Waals surface area contributed by atoms with Gasteiger partial charge in [-0.2, -0.15) is 0 Å². The van der Waals surface area contributed by atoms with Gasteiger partial charge in [0.05, 0.1) is 24.5 Å². The summed E-state index contributed by atoms with van der Waals surface area (Å²) in [7, 11) is 1.30. The Bertz CT molecular complexity index is 865. The fraction of sp³-hybridized carbons (Fsp3) is 0.286. The molecule has 0 aliphatic heterocycles. The van der Waals surface area contributed by atoms with E-state index in [0.29, 0.717) is 30.6 Å². The highest BCUT2D eigenvalue weighted by molar-refractivity contribution is 5.99. The molecular weight excluding hydrogens is 363 g/mol. The van der Waals surface area contributed by atoms with Crippen molar-refractivity contribution in [1.82, 2.24) is 5.32 Å². The van der Waals surface area contributed by atoms with E-state index in [1.807, 2.05) is 0 Å². The van der Waals surface area contributed by atoms with Gasteiger partial charge < -0.3 is 15.4 Å². The van der Waals surface area contributed by atoms with Crippen molar-refractivity contribution in [3.63, 3.8) is 0 Å². The lowest BCUT2D eigenvalue weighted by atomic mass is 10.1. The highest BCUT2D eigenvalue weighted by Crippen LogP contribution is 2.39. The van der Waals surface area contributed by atoms with Crippen molar-refractivity contribution >= 4 is 23.5 Å². The van der Waals surface area contributed by atoms with Crippen molar-refractivity contribution in [3.8, 4) is 0 Å². The normalized spacial score (nSPS) is 17.5. The molecule has 2 amide bonds. The number of methoxy groups -OCH3 is 1. The van der Waals surface area contributed by atoms with Crippen LogP contribution in [0, 0.1) is 17.7 Å². The molecule has 28 heavy (non-hydrogen) atoms. The van der Waals surface area contributed by atoms with Crippen molar-refractivity contribution < 1.29 is 23.5 Å². The predicted octanol–water partition coefficient (Wildman–Crippen LogP) is 2.55. The fourth-order valence-corrected chi connectivity index (χ4v) is 2.93. The van der Waals surface area contributed by atoms with E-state index in [4.69, 9.17) is 0 Å². The van der Waals surface area contributed by atoms with Crippen LogP contribution in [0.3, 0.4) is 0 Å². The van der Waals surface area contributed by atoms with Gasteiger partial charge in [0.2, 0.25) is 11.8 Å². The van der Waals surface area contributed by atoms with Gasteiger partial charge in [0.15, 0.2) is 0 Å². The molecule has 1 aliphatic rings. The number of esters is 1. The molecular formula is C21H21FN2O4. The molecule has 2 unspecified atom stereocenters. The molecule has 3 rings (SSSR count). The number of nitrogens with one attached hydrogen (secondary N) is 2. The van der Waals surface area contributed by atoms with Crippen LogP contribution in [0.25, 0.3) is 0 Å². The van der Waals surface area contributed by atoms with Crippen LogP contribution in [0.4, 0.5) is 10.1 Å². The molecule has 2 aromatic rings.